The predicted octanol–water partition coefficient (Wildman–Crippen LogP) is -0.0904. The van der Waals surface area contributed by atoms with Crippen molar-refractivity contribution in [3.05, 3.63) is 28.0 Å². The molecule has 1 N–H and O–H groups in total. The van der Waals surface area contributed by atoms with E-state index in [1.54, 1.807) is 13.8 Å². The number of nitrogens with one attached hydrogen (secondary N) is 1. The van der Waals surface area contributed by atoms with Crippen molar-refractivity contribution in [1.82, 2.24) is 14.9 Å². The summed E-state index contributed by atoms with van der Waals surface area (Å²) in [5.41, 5.74) is 0.608. The molecular weight excluding hydrogens is 322 g/mol. The molecule has 0 unspecified atom stereocenters. The molecule has 1 amide bonds. The second-order valence-corrected chi connectivity index (χ2v) is 8.04. The summed E-state index contributed by atoms with van der Waals surface area (Å²) in [5.74, 6) is 0.236. The highest BCUT2D eigenvalue weighted by Gasteiger charge is 2.29. The maximum atomic E-state index is 12.4. The van der Waals surface area contributed by atoms with Crippen LogP contribution in [0.3, 0.4) is 0 Å². The minimum absolute atomic E-state index is 0.0506. The Morgan fingerprint density at radius 1 is 1.48 bits per heavy atom. The molecule has 1 atom stereocenters. The van der Waals surface area contributed by atoms with Crippen molar-refractivity contribution in [1.29, 1.82) is 0 Å². The van der Waals surface area contributed by atoms with Gasteiger partial charge >= 0.3 is 0 Å². The Bertz CT molecular complexity index is 941. The first-order valence-corrected chi connectivity index (χ1v) is 9.04. The lowest BCUT2D eigenvalue weighted by molar-refractivity contribution is -0.122. The Hall–Kier alpha value is -2.16. The molecule has 0 aliphatic carbocycles. The fraction of sp³-hybridized carbons (Fsp3) is 0.500. The van der Waals surface area contributed by atoms with Crippen LogP contribution in [0.4, 0.5) is 0 Å². The van der Waals surface area contributed by atoms with Gasteiger partial charge in [-0.15, -0.1) is 0 Å². The van der Waals surface area contributed by atoms with Crippen molar-refractivity contribution >= 4 is 26.8 Å². The van der Waals surface area contributed by atoms with Crippen LogP contribution in [0.2, 0.25) is 0 Å². The van der Waals surface area contributed by atoms with Crippen molar-refractivity contribution in [3.63, 3.8) is 0 Å². The highest BCUT2D eigenvalue weighted by atomic mass is 32.2. The van der Waals surface area contributed by atoms with Crippen LogP contribution in [0.5, 0.6) is 0 Å². The third kappa shape index (κ3) is 3.00. The molecule has 2 aromatic rings. The lowest BCUT2D eigenvalue weighted by Crippen LogP contribution is -2.39. The number of aryl methyl sites for hydroxylation is 2. The first-order valence-electron chi connectivity index (χ1n) is 7.22. The Morgan fingerprint density at radius 3 is 2.87 bits per heavy atom. The summed E-state index contributed by atoms with van der Waals surface area (Å²) in [5, 5.41) is 3.01. The molecular formula is C14H17N3O5S. The number of amides is 1. The van der Waals surface area contributed by atoms with Gasteiger partial charge in [0.05, 0.1) is 11.5 Å². The molecule has 3 rings (SSSR count). The SMILES string of the molecule is Cc1oc2ncn(CC(=O)N[C@@H]3CCS(=O)(=O)C3)c(=O)c2c1C. The molecule has 2 aromatic heterocycles. The highest BCUT2D eigenvalue weighted by molar-refractivity contribution is 7.91. The Balaban J connectivity index is 1.79. The summed E-state index contributed by atoms with van der Waals surface area (Å²) < 4.78 is 29.4. The number of nitrogens with zero attached hydrogens (tertiary/aromatic N) is 2. The largest absolute Gasteiger partial charge is 0.443 e. The van der Waals surface area contributed by atoms with Gasteiger partial charge in [-0.05, 0) is 20.3 Å². The van der Waals surface area contributed by atoms with Gasteiger partial charge in [-0.25, -0.2) is 13.4 Å². The van der Waals surface area contributed by atoms with E-state index in [1.807, 2.05) is 0 Å². The van der Waals surface area contributed by atoms with E-state index in [2.05, 4.69) is 10.3 Å². The van der Waals surface area contributed by atoms with E-state index >= 15 is 0 Å². The van der Waals surface area contributed by atoms with Crippen molar-refractivity contribution in [3.8, 4) is 0 Å². The fourth-order valence-corrected chi connectivity index (χ4v) is 4.39. The molecule has 8 nitrogen and oxygen atoms in total. The molecule has 0 saturated carbocycles. The normalized spacial score (nSPS) is 20.0. The standard InChI is InChI=1S/C14H17N3O5S/c1-8-9(2)22-13-12(8)14(19)17(7-15-13)5-11(18)16-10-3-4-23(20,21)6-10/h7,10H,3-6H2,1-2H3,(H,16,18)/t10-/m1/s1. The minimum atomic E-state index is -3.06. The summed E-state index contributed by atoms with van der Waals surface area (Å²) in [7, 11) is -3.06. The van der Waals surface area contributed by atoms with Crippen molar-refractivity contribution in [2.45, 2.75) is 32.9 Å². The summed E-state index contributed by atoms with van der Waals surface area (Å²) >= 11 is 0. The van der Waals surface area contributed by atoms with Gasteiger partial charge in [0.2, 0.25) is 11.6 Å². The average molecular weight is 339 g/mol. The number of sulfone groups is 1. The lowest BCUT2D eigenvalue weighted by Gasteiger charge is -2.11. The molecule has 1 saturated heterocycles. The summed E-state index contributed by atoms with van der Waals surface area (Å²) in [6.07, 6.45) is 1.66. The maximum absolute atomic E-state index is 12.4. The van der Waals surface area contributed by atoms with Gasteiger partial charge in [0.1, 0.15) is 24.0 Å². The van der Waals surface area contributed by atoms with Gasteiger partial charge in [-0.3, -0.25) is 14.2 Å². The number of rotatable bonds is 3. The minimum Gasteiger partial charge on any atom is -0.443 e. The molecule has 23 heavy (non-hydrogen) atoms. The van der Waals surface area contributed by atoms with Crippen molar-refractivity contribution < 1.29 is 17.6 Å². The van der Waals surface area contributed by atoms with Crippen LogP contribution in [0.15, 0.2) is 15.5 Å². The van der Waals surface area contributed by atoms with Crippen LogP contribution in [0, 0.1) is 13.8 Å². The van der Waals surface area contributed by atoms with Crippen molar-refractivity contribution in [2.75, 3.05) is 11.5 Å². The van der Waals surface area contributed by atoms with Gasteiger partial charge in [-0.2, -0.15) is 0 Å². The molecule has 0 radical (unpaired) electrons. The summed E-state index contributed by atoms with van der Waals surface area (Å²) in [6, 6.07) is -0.391. The number of carbonyl (C=O) groups excluding carboxylic acids is 1. The van der Waals surface area contributed by atoms with E-state index in [-0.39, 0.29) is 29.3 Å². The van der Waals surface area contributed by atoms with Gasteiger partial charge in [0.25, 0.3) is 5.56 Å². The number of hydrogen-bond donors (Lipinski definition) is 1. The molecule has 3 heterocycles. The Morgan fingerprint density at radius 2 is 2.22 bits per heavy atom. The third-order valence-corrected chi connectivity index (χ3v) is 5.84. The third-order valence-electron chi connectivity index (χ3n) is 4.07. The summed E-state index contributed by atoms with van der Waals surface area (Å²) in [4.78, 5) is 28.5. The van der Waals surface area contributed by atoms with E-state index in [9.17, 15) is 18.0 Å². The Labute approximate surface area is 132 Å². The molecule has 0 bridgehead atoms. The first-order chi connectivity index (χ1) is 10.8. The van der Waals surface area contributed by atoms with Crippen LogP contribution < -0.4 is 10.9 Å². The monoisotopic (exact) mass is 339 g/mol. The number of hydrogen-bond acceptors (Lipinski definition) is 6. The van der Waals surface area contributed by atoms with Crippen LogP contribution in [0.25, 0.3) is 11.1 Å². The van der Waals surface area contributed by atoms with E-state index < -0.39 is 21.8 Å². The quantitative estimate of drug-likeness (QED) is 0.836. The van der Waals surface area contributed by atoms with E-state index in [1.165, 1.54) is 10.9 Å². The van der Waals surface area contributed by atoms with Crippen LogP contribution >= 0.6 is 0 Å². The molecule has 0 aromatic carbocycles. The zero-order chi connectivity index (χ0) is 16.8. The van der Waals surface area contributed by atoms with Gasteiger partial charge < -0.3 is 9.73 Å². The summed E-state index contributed by atoms with van der Waals surface area (Å²) in [6.45, 7) is 3.30. The average Bonchev–Trinajstić information content (AvgIpc) is 2.94. The predicted molar refractivity (Wildman–Crippen MR) is 82.9 cm³/mol. The van der Waals surface area contributed by atoms with Crippen LogP contribution in [-0.4, -0.2) is 41.4 Å². The maximum Gasteiger partial charge on any atom is 0.265 e. The van der Waals surface area contributed by atoms with Crippen LogP contribution in [-0.2, 0) is 21.2 Å². The Kier molecular flexibility index (Phi) is 3.75. The first kappa shape index (κ1) is 15.7. The molecule has 9 heteroatoms. The molecule has 1 fully saturated rings. The number of furan rings is 1. The van der Waals surface area contributed by atoms with Gasteiger partial charge in [-0.1, -0.05) is 0 Å². The zero-order valence-electron chi connectivity index (χ0n) is 12.8. The lowest BCUT2D eigenvalue weighted by atomic mass is 10.2. The second-order valence-electron chi connectivity index (χ2n) is 5.81. The zero-order valence-corrected chi connectivity index (χ0v) is 13.6. The molecule has 1 aliphatic rings. The number of carbonyl (C=O) groups is 1. The molecule has 0 spiro atoms. The fourth-order valence-electron chi connectivity index (χ4n) is 2.72. The van der Waals surface area contributed by atoms with Crippen molar-refractivity contribution in [2.24, 2.45) is 0 Å². The molecule has 124 valence electrons. The van der Waals surface area contributed by atoms with E-state index in [0.29, 0.717) is 23.1 Å². The topological polar surface area (TPSA) is 111 Å². The number of aromatic nitrogens is 2. The van der Waals surface area contributed by atoms with Gasteiger partial charge in [0, 0.05) is 11.6 Å². The highest BCUT2D eigenvalue weighted by Crippen LogP contribution is 2.19. The molecule has 1 aliphatic heterocycles. The number of fused-ring (bicyclic) bond motifs is 1. The van der Waals surface area contributed by atoms with E-state index in [4.69, 9.17) is 4.42 Å². The van der Waals surface area contributed by atoms with E-state index in [0.717, 1.165) is 0 Å². The second kappa shape index (κ2) is 5.48. The van der Waals surface area contributed by atoms with Gasteiger partial charge in [0.15, 0.2) is 9.84 Å². The smallest absolute Gasteiger partial charge is 0.265 e. The van der Waals surface area contributed by atoms with Crippen LogP contribution in [0.1, 0.15) is 17.7 Å².